The number of halogens is 1. The predicted octanol–water partition coefficient (Wildman–Crippen LogP) is 3.57. The van der Waals surface area contributed by atoms with E-state index in [0.717, 1.165) is 11.3 Å². The molecule has 2 N–H and O–H groups in total. The van der Waals surface area contributed by atoms with E-state index < -0.39 is 12.1 Å². The van der Waals surface area contributed by atoms with Crippen molar-refractivity contribution in [3.05, 3.63) is 51.8 Å². The van der Waals surface area contributed by atoms with Crippen LogP contribution in [-0.4, -0.2) is 29.3 Å². The predicted molar refractivity (Wildman–Crippen MR) is 88.1 cm³/mol. The zero-order valence-corrected chi connectivity index (χ0v) is 14.1. The van der Waals surface area contributed by atoms with Gasteiger partial charge in [-0.05, 0) is 38.5 Å². The summed E-state index contributed by atoms with van der Waals surface area (Å²) in [7, 11) is 0. The standard InChI is InChI=1S/C17H20ClNO4/c1-10-15(12(3)20)11(2)19-16(10)17(21)23-9-8-22-14-7-5-4-6-13(14)18/h4-7,12,19-20H,8-9H2,1-3H3/t12-/m0/s1. The van der Waals surface area contributed by atoms with Gasteiger partial charge in [-0.15, -0.1) is 0 Å². The Morgan fingerprint density at radius 2 is 2.00 bits per heavy atom. The van der Waals surface area contributed by atoms with Crippen molar-refractivity contribution in [2.75, 3.05) is 13.2 Å². The number of ether oxygens (including phenoxy) is 2. The molecule has 0 aliphatic carbocycles. The van der Waals surface area contributed by atoms with Gasteiger partial charge in [0.15, 0.2) is 0 Å². The summed E-state index contributed by atoms with van der Waals surface area (Å²) in [5.41, 5.74) is 2.55. The van der Waals surface area contributed by atoms with Gasteiger partial charge in [-0.2, -0.15) is 0 Å². The first-order valence-corrected chi connectivity index (χ1v) is 7.71. The number of para-hydroxylation sites is 1. The minimum atomic E-state index is -0.642. The number of aliphatic hydroxyl groups is 1. The van der Waals surface area contributed by atoms with Gasteiger partial charge in [0.05, 0.1) is 11.1 Å². The molecular weight excluding hydrogens is 318 g/mol. The van der Waals surface area contributed by atoms with Crippen LogP contribution in [0.5, 0.6) is 5.75 Å². The summed E-state index contributed by atoms with van der Waals surface area (Å²) >= 11 is 5.97. The average Bonchev–Trinajstić information content (AvgIpc) is 2.80. The Kier molecular flexibility index (Phi) is 5.69. The van der Waals surface area contributed by atoms with Crippen LogP contribution in [0.15, 0.2) is 24.3 Å². The highest BCUT2D eigenvalue weighted by atomic mass is 35.5. The van der Waals surface area contributed by atoms with Gasteiger partial charge >= 0.3 is 5.97 Å². The molecule has 1 atom stereocenters. The third kappa shape index (κ3) is 4.06. The molecule has 6 heteroatoms. The number of rotatable bonds is 6. The number of hydrogen-bond donors (Lipinski definition) is 2. The van der Waals surface area contributed by atoms with E-state index in [-0.39, 0.29) is 13.2 Å². The number of nitrogens with one attached hydrogen (secondary N) is 1. The lowest BCUT2D eigenvalue weighted by Crippen LogP contribution is -2.13. The highest BCUT2D eigenvalue weighted by Gasteiger charge is 2.20. The normalized spacial score (nSPS) is 12.0. The van der Waals surface area contributed by atoms with E-state index in [1.165, 1.54) is 0 Å². The van der Waals surface area contributed by atoms with Crippen LogP contribution in [0.3, 0.4) is 0 Å². The van der Waals surface area contributed by atoms with Crippen molar-refractivity contribution in [2.24, 2.45) is 0 Å². The molecule has 0 spiro atoms. The Hall–Kier alpha value is -1.98. The Labute approximate surface area is 140 Å². The molecule has 0 amide bonds. The van der Waals surface area contributed by atoms with Gasteiger partial charge in [0.1, 0.15) is 24.7 Å². The van der Waals surface area contributed by atoms with Gasteiger partial charge in [0, 0.05) is 11.3 Å². The molecule has 0 unspecified atom stereocenters. The van der Waals surface area contributed by atoms with Gasteiger partial charge in [0.25, 0.3) is 0 Å². The molecule has 0 fully saturated rings. The number of H-pyrrole nitrogens is 1. The second-order valence-electron chi connectivity index (χ2n) is 5.25. The minimum Gasteiger partial charge on any atom is -0.488 e. The number of aliphatic hydroxyl groups excluding tert-OH is 1. The van der Waals surface area contributed by atoms with Crippen molar-refractivity contribution in [3.63, 3.8) is 0 Å². The van der Waals surface area contributed by atoms with Crippen LogP contribution in [0.4, 0.5) is 0 Å². The number of aromatic amines is 1. The van der Waals surface area contributed by atoms with Crippen LogP contribution in [0.1, 0.15) is 40.3 Å². The second-order valence-corrected chi connectivity index (χ2v) is 5.66. The Balaban J connectivity index is 1.91. The molecule has 2 rings (SSSR count). The highest BCUT2D eigenvalue weighted by Crippen LogP contribution is 2.25. The van der Waals surface area contributed by atoms with Crippen molar-refractivity contribution >= 4 is 17.6 Å². The Morgan fingerprint density at radius 3 is 2.61 bits per heavy atom. The molecule has 0 saturated heterocycles. The molecule has 23 heavy (non-hydrogen) atoms. The number of esters is 1. The van der Waals surface area contributed by atoms with Crippen LogP contribution >= 0.6 is 11.6 Å². The number of carbonyl (C=O) groups is 1. The summed E-state index contributed by atoms with van der Waals surface area (Å²) in [4.78, 5) is 15.1. The number of carbonyl (C=O) groups excluding carboxylic acids is 1. The SMILES string of the molecule is Cc1[nH]c(C(=O)OCCOc2ccccc2Cl)c(C)c1[C@H](C)O. The summed E-state index contributed by atoms with van der Waals surface area (Å²) in [6, 6.07) is 7.10. The second kappa shape index (κ2) is 7.53. The maximum Gasteiger partial charge on any atom is 0.355 e. The summed E-state index contributed by atoms with van der Waals surface area (Å²) in [6.07, 6.45) is -0.642. The molecule has 1 heterocycles. The lowest BCUT2D eigenvalue weighted by molar-refractivity contribution is 0.0443. The van der Waals surface area contributed by atoms with Crippen LogP contribution in [-0.2, 0) is 4.74 Å². The van der Waals surface area contributed by atoms with Gasteiger partial charge in [-0.25, -0.2) is 4.79 Å². The molecule has 1 aromatic carbocycles. The van der Waals surface area contributed by atoms with E-state index in [2.05, 4.69) is 4.98 Å². The maximum absolute atomic E-state index is 12.1. The van der Waals surface area contributed by atoms with E-state index >= 15 is 0 Å². The van der Waals surface area contributed by atoms with Gasteiger partial charge < -0.3 is 19.6 Å². The van der Waals surface area contributed by atoms with Crippen LogP contribution in [0.25, 0.3) is 0 Å². The monoisotopic (exact) mass is 337 g/mol. The van der Waals surface area contributed by atoms with Crippen molar-refractivity contribution in [3.8, 4) is 5.75 Å². The number of aryl methyl sites for hydroxylation is 1. The Bertz CT molecular complexity index is 694. The van der Waals surface area contributed by atoms with Crippen molar-refractivity contribution in [1.82, 2.24) is 4.98 Å². The van der Waals surface area contributed by atoms with Crippen LogP contribution < -0.4 is 4.74 Å². The molecule has 0 bridgehead atoms. The molecule has 2 aromatic rings. The first-order valence-electron chi connectivity index (χ1n) is 7.33. The summed E-state index contributed by atoms with van der Waals surface area (Å²) in [5, 5.41) is 10.3. The smallest absolute Gasteiger partial charge is 0.355 e. The Morgan fingerprint density at radius 1 is 1.30 bits per heavy atom. The first-order chi connectivity index (χ1) is 10.9. The minimum absolute atomic E-state index is 0.103. The third-order valence-electron chi connectivity index (χ3n) is 3.53. The molecule has 0 radical (unpaired) electrons. The quantitative estimate of drug-likeness (QED) is 0.624. The highest BCUT2D eigenvalue weighted by molar-refractivity contribution is 6.32. The fourth-order valence-electron chi connectivity index (χ4n) is 2.52. The average molecular weight is 338 g/mol. The summed E-state index contributed by atoms with van der Waals surface area (Å²) in [5.74, 6) is 0.0776. The molecule has 1 aromatic heterocycles. The van der Waals surface area contributed by atoms with E-state index in [9.17, 15) is 9.90 Å². The third-order valence-corrected chi connectivity index (χ3v) is 3.84. The lowest BCUT2D eigenvalue weighted by atomic mass is 10.1. The van der Waals surface area contributed by atoms with E-state index in [1.54, 1.807) is 26.0 Å². The largest absolute Gasteiger partial charge is 0.488 e. The summed E-state index contributed by atoms with van der Waals surface area (Å²) < 4.78 is 10.7. The van der Waals surface area contributed by atoms with Crippen LogP contribution in [0.2, 0.25) is 5.02 Å². The van der Waals surface area contributed by atoms with Crippen LogP contribution in [0, 0.1) is 13.8 Å². The lowest BCUT2D eigenvalue weighted by Gasteiger charge is -2.09. The fraction of sp³-hybridized carbons (Fsp3) is 0.353. The summed E-state index contributed by atoms with van der Waals surface area (Å²) in [6.45, 7) is 5.56. The molecule has 124 valence electrons. The maximum atomic E-state index is 12.1. The molecule has 0 aliphatic heterocycles. The number of hydrogen-bond acceptors (Lipinski definition) is 4. The van der Waals surface area contributed by atoms with Crippen molar-refractivity contribution in [2.45, 2.75) is 26.9 Å². The topological polar surface area (TPSA) is 71.6 Å². The number of benzene rings is 1. The zero-order valence-electron chi connectivity index (χ0n) is 13.4. The van der Waals surface area contributed by atoms with Crippen molar-refractivity contribution in [1.29, 1.82) is 0 Å². The fourth-order valence-corrected chi connectivity index (χ4v) is 2.71. The van der Waals surface area contributed by atoms with E-state index in [1.807, 2.05) is 19.1 Å². The van der Waals surface area contributed by atoms with E-state index in [4.69, 9.17) is 21.1 Å². The van der Waals surface area contributed by atoms with Gasteiger partial charge in [-0.3, -0.25) is 0 Å². The zero-order chi connectivity index (χ0) is 17.0. The molecular formula is C17H20ClNO4. The molecule has 5 nitrogen and oxygen atoms in total. The first kappa shape index (κ1) is 17.4. The molecule has 0 aliphatic rings. The van der Waals surface area contributed by atoms with E-state index in [0.29, 0.717) is 22.0 Å². The molecule has 0 saturated carbocycles. The van der Waals surface area contributed by atoms with Gasteiger partial charge in [-0.1, -0.05) is 23.7 Å². The van der Waals surface area contributed by atoms with Crippen molar-refractivity contribution < 1.29 is 19.4 Å². The number of aromatic nitrogens is 1. The van der Waals surface area contributed by atoms with Gasteiger partial charge in [0.2, 0.25) is 0 Å².